The average Bonchev–Trinajstić information content (AvgIpc) is 2.22. The summed E-state index contributed by atoms with van der Waals surface area (Å²) in [5.41, 5.74) is 1.94. The summed E-state index contributed by atoms with van der Waals surface area (Å²) in [6, 6.07) is 0. The third-order valence-electron chi connectivity index (χ3n) is 2.42. The first-order valence-corrected chi connectivity index (χ1v) is 5.53. The van der Waals surface area contributed by atoms with E-state index in [4.69, 9.17) is 21.4 Å². The lowest BCUT2D eigenvalue weighted by atomic mass is 9.90. The Morgan fingerprint density at radius 2 is 2.33 bits per heavy atom. The molecule has 0 aliphatic heterocycles. The molecule has 0 radical (unpaired) electrons. The lowest BCUT2D eigenvalue weighted by Crippen LogP contribution is -2.20. The summed E-state index contributed by atoms with van der Waals surface area (Å²) in [7, 11) is 0. The van der Waals surface area contributed by atoms with Gasteiger partial charge in [-0.05, 0) is 24.5 Å². The van der Waals surface area contributed by atoms with Gasteiger partial charge in [0.05, 0.1) is 12.5 Å². The Morgan fingerprint density at radius 1 is 1.67 bits per heavy atom. The van der Waals surface area contributed by atoms with Crippen LogP contribution in [0.25, 0.3) is 0 Å². The van der Waals surface area contributed by atoms with Gasteiger partial charge in [0.2, 0.25) is 6.29 Å². The summed E-state index contributed by atoms with van der Waals surface area (Å²) < 4.78 is 5.33. The lowest BCUT2D eigenvalue weighted by molar-refractivity contribution is -0.0569. The largest absolute Gasteiger partial charge is 0.468 e. The van der Waals surface area contributed by atoms with Crippen molar-refractivity contribution in [2.24, 2.45) is 5.92 Å². The molecule has 86 valence electrons. The Kier molecular flexibility index (Phi) is 4.64. The fourth-order valence-corrected chi connectivity index (χ4v) is 1.87. The molecule has 15 heavy (non-hydrogen) atoms. The number of hydrogen-bond donors (Lipinski definition) is 2. The SMILES string of the molecule is CC1=C(OC(O)CCl)C(C)CC(CO)=C1. The van der Waals surface area contributed by atoms with Crippen LogP contribution >= 0.6 is 11.6 Å². The van der Waals surface area contributed by atoms with Gasteiger partial charge in [-0.1, -0.05) is 13.0 Å². The molecule has 2 unspecified atom stereocenters. The van der Waals surface area contributed by atoms with Crippen LogP contribution in [0, 0.1) is 5.92 Å². The maximum Gasteiger partial charge on any atom is 0.210 e. The topological polar surface area (TPSA) is 49.7 Å². The summed E-state index contributed by atoms with van der Waals surface area (Å²) in [5, 5.41) is 18.3. The van der Waals surface area contributed by atoms with E-state index in [1.165, 1.54) is 0 Å². The summed E-state index contributed by atoms with van der Waals surface area (Å²) >= 11 is 5.47. The molecule has 0 aromatic carbocycles. The molecule has 0 amide bonds. The van der Waals surface area contributed by atoms with Crippen molar-refractivity contribution in [2.45, 2.75) is 26.6 Å². The summed E-state index contributed by atoms with van der Waals surface area (Å²) in [4.78, 5) is 0. The minimum atomic E-state index is -0.955. The number of alkyl halides is 1. The molecule has 0 saturated heterocycles. The van der Waals surface area contributed by atoms with Crippen LogP contribution in [-0.2, 0) is 4.74 Å². The minimum Gasteiger partial charge on any atom is -0.468 e. The second-order valence-electron chi connectivity index (χ2n) is 3.84. The number of aliphatic hydroxyl groups excluding tert-OH is 2. The molecule has 0 heterocycles. The van der Waals surface area contributed by atoms with Gasteiger partial charge in [-0.25, -0.2) is 0 Å². The van der Waals surface area contributed by atoms with Crippen LogP contribution < -0.4 is 0 Å². The molecule has 0 bridgehead atoms. The third-order valence-corrected chi connectivity index (χ3v) is 2.69. The van der Waals surface area contributed by atoms with E-state index in [-0.39, 0.29) is 18.4 Å². The van der Waals surface area contributed by atoms with E-state index in [0.29, 0.717) is 0 Å². The van der Waals surface area contributed by atoms with Crippen molar-refractivity contribution in [3.8, 4) is 0 Å². The van der Waals surface area contributed by atoms with Crippen LogP contribution in [-0.4, -0.2) is 29.0 Å². The van der Waals surface area contributed by atoms with Gasteiger partial charge in [-0.15, -0.1) is 11.6 Å². The fourth-order valence-electron chi connectivity index (χ4n) is 1.81. The van der Waals surface area contributed by atoms with Crippen LogP contribution in [0.15, 0.2) is 23.0 Å². The van der Waals surface area contributed by atoms with Crippen molar-refractivity contribution in [1.29, 1.82) is 0 Å². The van der Waals surface area contributed by atoms with Gasteiger partial charge in [0.1, 0.15) is 5.76 Å². The molecule has 2 atom stereocenters. The normalized spacial score (nSPS) is 23.8. The Hall–Kier alpha value is -0.510. The number of allylic oxidation sites excluding steroid dienone is 3. The quantitative estimate of drug-likeness (QED) is 0.574. The maximum atomic E-state index is 9.31. The number of aliphatic hydroxyl groups is 2. The predicted molar refractivity (Wildman–Crippen MR) is 59.5 cm³/mol. The lowest BCUT2D eigenvalue weighted by Gasteiger charge is -2.25. The van der Waals surface area contributed by atoms with Crippen molar-refractivity contribution in [1.82, 2.24) is 0 Å². The first-order chi connectivity index (χ1) is 7.08. The number of halogens is 1. The molecule has 0 fully saturated rings. The first kappa shape index (κ1) is 12.6. The molecule has 4 heteroatoms. The molecule has 0 aromatic heterocycles. The number of rotatable bonds is 4. The van der Waals surface area contributed by atoms with Crippen molar-refractivity contribution >= 4 is 11.6 Å². The van der Waals surface area contributed by atoms with Crippen molar-refractivity contribution < 1.29 is 14.9 Å². The molecule has 1 aliphatic rings. The summed E-state index contributed by atoms with van der Waals surface area (Å²) in [6.07, 6.45) is 1.71. The molecule has 2 N–H and O–H groups in total. The van der Waals surface area contributed by atoms with Crippen molar-refractivity contribution in [3.05, 3.63) is 23.0 Å². The molecular formula is C11H17ClO3. The van der Waals surface area contributed by atoms with E-state index >= 15 is 0 Å². The van der Waals surface area contributed by atoms with Crippen LogP contribution in [0.4, 0.5) is 0 Å². The molecule has 0 spiro atoms. The van der Waals surface area contributed by atoms with Crippen LogP contribution in [0.1, 0.15) is 20.3 Å². The highest BCUT2D eigenvalue weighted by Gasteiger charge is 2.21. The van der Waals surface area contributed by atoms with Crippen LogP contribution in [0.5, 0.6) is 0 Å². The Balaban J connectivity index is 2.80. The zero-order valence-electron chi connectivity index (χ0n) is 9.03. The Morgan fingerprint density at radius 3 is 2.80 bits per heavy atom. The molecular weight excluding hydrogens is 216 g/mol. The first-order valence-electron chi connectivity index (χ1n) is 5.00. The van der Waals surface area contributed by atoms with Gasteiger partial charge >= 0.3 is 0 Å². The van der Waals surface area contributed by atoms with Crippen LogP contribution in [0.3, 0.4) is 0 Å². The van der Waals surface area contributed by atoms with E-state index in [0.717, 1.165) is 23.3 Å². The number of hydrogen-bond acceptors (Lipinski definition) is 3. The summed E-state index contributed by atoms with van der Waals surface area (Å²) in [6.45, 7) is 3.98. The van der Waals surface area contributed by atoms with Crippen molar-refractivity contribution in [2.75, 3.05) is 12.5 Å². The van der Waals surface area contributed by atoms with Gasteiger partial charge in [0.15, 0.2) is 0 Å². The van der Waals surface area contributed by atoms with E-state index < -0.39 is 6.29 Å². The van der Waals surface area contributed by atoms with Crippen LogP contribution in [0.2, 0.25) is 0 Å². The molecule has 1 aliphatic carbocycles. The van der Waals surface area contributed by atoms with Gasteiger partial charge in [-0.3, -0.25) is 0 Å². The standard InChI is InChI=1S/C11H17ClO3/c1-7-3-9(6-13)4-8(2)11(7)15-10(14)5-12/h3,8,10,13-14H,4-6H2,1-2H3. The highest BCUT2D eigenvalue weighted by atomic mass is 35.5. The van der Waals surface area contributed by atoms with Gasteiger partial charge < -0.3 is 14.9 Å². The molecule has 3 nitrogen and oxygen atoms in total. The van der Waals surface area contributed by atoms with Gasteiger partial charge in [-0.2, -0.15) is 0 Å². The zero-order valence-corrected chi connectivity index (χ0v) is 9.79. The second kappa shape index (κ2) is 5.54. The van der Waals surface area contributed by atoms with Gasteiger partial charge in [0.25, 0.3) is 0 Å². The smallest absolute Gasteiger partial charge is 0.210 e. The van der Waals surface area contributed by atoms with E-state index in [2.05, 4.69) is 0 Å². The Bertz CT molecular complexity index is 284. The van der Waals surface area contributed by atoms with E-state index in [1.807, 2.05) is 19.9 Å². The zero-order chi connectivity index (χ0) is 11.4. The van der Waals surface area contributed by atoms with Crippen molar-refractivity contribution in [3.63, 3.8) is 0 Å². The molecule has 1 rings (SSSR count). The van der Waals surface area contributed by atoms with E-state index in [1.54, 1.807) is 0 Å². The highest BCUT2D eigenvalue weighted by Crippen LogP contribution is 2.30. The highest BCUT2D eigenvalue weighted by molar-refractivity contribution is 6.18. The minimum absolute atomic E-state index is 0.0556. The third kappa shape index (κ3) is 3.23. The number of ether oxygens (including phenoxy) is 1. The molecule has 0 saturated carbocycles. The average molecular weight is 233 g/mol. The van der Waals surface area contributed by atoms with E-state index in [9.17, 15) is 5.11 Å². The second-order valence-corrected chi connectivity index (χ2v) is 4.15. The molecule has 0 aromatic rings. The monoisotopic (exact) mass is 232 g/mol. The van der Waals surface area contributed by atoms with Gasteiger partial charge in [0, 0.05) is 5.92 Å². The Labute approximate surface area is 95.0 Å². The fraction of sp³-hybridized carbons (Fsp3) is 0.636. The maximum absolute atomic E-state index is 9.31. The summed E-state index contributed by atoms with van der Waals surface area (Å²) in [5.74, 6) is 0.996. The predicted octanol–water partition coefficient (Wildman–Crippen LogP) is 1.79.